The van der Waals surface area contributed by atoms with Gasteiger partial charge in [-0.1, -0.05) is 70.5 Å². The van der Waals surface area contributed by atoms with Crippen LogP contribution in [-0.2, 0) is 17.8 Å². The standard InChI is InChI=1S/C16H18N6OS4/c17-13-21-9-11-3-1-2-4-12(11)10-22-14(18)27-16(20-22)25-8-6-23-5-7-24-15(19-21)26-13/h1-4,17-18H,5-10H2. The highest BCUT2D eigenvalue weighted by molar-refractivity contribution is 8.01. The fourth-order valence-corrected chi connectivity index (χ4v) is 6.14. The average Bonchev–Trinajstić information content (AvgIpc) is 3.17. The van der Waals surface area contributed by atoms with Crippen LogP contribution in [-0.4, -0.2) is 44.3 Å². The van der Waals surface area contributed by atoms with Gasteiger partial charge in [-0.15, -0.1) is 0 Å². The maximum Gasteiger partial charge on any atom is 0.201 e. The van der Waals surface area contributed by atoms with E-state index in [2.05, 4.69) is 22.3 Å². The minimum absolute atomic E-state index is 0.440. The van der Waals surface area contributed by atoms with Crippen molar-refractivity contribution in [3.05, 3.63) is 45.0 Å². The number of nitrogens with zero attached hydrogens (tertiary/aromatic N) is 4. The normalized spacial score (nSPS) is 15.9. The van der Waals surface area contributed by atoms with Crippen LogP contribution in [0.1, 0.15) is 11.1 Å². The molecule has 4 bridgehead atoms. The van der Waals surface area contributed by atoms with Crippen LogP contribution in [0.2, 0.25) is 0 Å². The molecule has 0 aliphatic carbocycles. The predicted octanol–water partition coefficient (Wildman–Crippen LogP) is 2.47. The van der Waals surface area contributed by atoms with Gasteiger partial charge >= 0.3 is 0 Å². The van der Waals surface area contributed by atoms with Gasteiger partial charge in [0.15, 0.2) is 8.68 Å². The SMILES string of the molecule is N=c1sc2nn1Cc1ccccc1Cn1nc(sc1=N)SCCOCCS2. The van der Waals surface area contributed by atoms with E-state index in [9.17, 15) is 0 Å². The lowest BCUT2D eigenvalue weighted by Gasteiger charge is -2.09. The van der Waals surface area contributed by atoms with Crippen LogP contribution in [0.5, 0.6) is 0 Å². The Labute approximate surface area is 172 Å². The number of thioether (sulfide) groups is 2. The summed E-state index contributed by atoms with van der Waals surface area (Å²) in [6.45, 7) is 2.40. The minimum atomic E-state index is 0.440. The van der Waals surface area contributed by atoms with E-state index < -0.39 is 0 Å². The average molecular weight is 439 g/mol. The Hall–Kier alpha value is -1.40. The molecule has 1 aliphatic rings. The summed E-state index contributed by atoms with van der Waals surface area (Å²) in [6.07, 6.45) is 0. The smallest absolute Gasteiger partial charge is 0.201 e. The van der Waals surface area contributed by atoms with Crippen molar-refractivity contribution in [1.29, 1.82) is 10.8 Å². The number of aromatic nitrogens is 4. The maximum atomic E-state index is 8.22. The van der Waals surface area contributed by atoms with Crippen LogP contribution in [0.4, 0.5) is 0 Å². The zero-order chi connectivity index (χ0) is 18.6. The topological polar surface area (TPSA) is 92.6 Å². The summed E-state index contributed by atoms with van der Waals surface area (Å²) in [6, 6.07) is 8.11. The summed E-state index contributed by atoms with van der Waals surface area (Å²) in [5.74, 6) is 1.64. The Morgan fingerprint density at radius 1 is 0.815 bits per heavy atom. The maximum absolute atomic E-state index is 8.22. The van der Waals surface area contributed by atoms with Crippen molar-refractivity contribution in [2.75, 3.05) is 24.7 Å². The van der Waals surface area contributed by atoms with E-state index in [1.165, 1.54) is 22.7 Å². The molecule has 27 heavy (non-hydrogen) atoms. The summed E-state index contributed by atoms with van der Waals surface area (Å²) >= 11 is 6.06. The second-order valence-electron chi connectivity index (χ2n) is 5.74. The molecule has 0 radical (unpaired) electrons. The number of nitrogens with one attached hydrogen (secondary N) is 2. The lowest BCUT2D eigenvalue weighted by atomic mass is 10.1. The van der Waals surface area contributed by atoms with Crippen LogP contribution < -0.4 is 9.60 Å². The first kappa shape index (κ1) is 18.9. The van der Waals surface area contributed by atoms with Crippen molar-refractivity contribution in [2.24, 2.45) is 0 Å². The highest BCUT2D eigenvalue weighted by atomic mass is 32.2. The van der Waals surface area contributed by atoms with Crippen LogP contribution in [0.15, 0.2) is 32.9 Å². The molecule has 2 N–H and O–H groups in total. The van der Waals surface area contributed by atoms with Crippen LogP contribution in [0, 0.1) is 10.8 Å². The Morgan fingerprint density at radius 3 is 1.78 bits per heavy atom. The lowest BCUT2D eigenvalue weighted by molar-refractivity contribution is 0.167. The Bertz CT molecular complexity index is 955. The molecule has 3 heterocycles. The van der Waals surface area contributed by atoms with Crippen molar-refractivity contribution < 1.29 is 4.74 Å². The molecule has 142 valence electrons. The number of benzene rings is 1. The molecular formula is C16H18N6OS4. The molecular weight excluding hydrogens is 420 g/mol. The molecule has 0 atom stereocenters. The molecule has 1 aromatic carbocycles. The van der Waals surface area contributed by atoms with Crippen LogP contribution >= 0.6 is 46.2 Å². The van der Waals surface area contributed by atoms with Crippen molar-refractivity contribution >= 4 is 46.2 Å². The van der Waals surface area contributed by atoms with E-state index in [1.807, 2.05) is 12.1 Å². The molecule has 0 saturated heterocycles. The first-order valence-corrected chi connectivity index (χ1v) is 11.9. The highest BCUT2D eigenvalue weighted by Gasteiger charge is 2.11. The predicted molar refractivity (Wildman–Crippen MR) is 109 cm³/mol. The van der Waals surface area contributed by atoms with Gasteiger partial charge in [0.2, 0.25) is 9.60 Å². The van der Waals surface area contributed by atoms with Crippen molar-refractivity contribution in [1.82, 2.24) is 19.6 Å². The number of ether oxygens (including phenoxy) is 1. The summed E-state index contributed by atoms with van der Waals surface area (Å²) in [5.41, 5.74) is 2.19. The minimum Gasteiger partial charge on any atom is -0.380 e. The fraction of sp³-hybridized carbons (Fsp3) is 0.375. The molecule has 2 aromatic heterocycles. The van der Waals surface area contributed by atoms with Gasteiger partial charge in [0.05, 0.1) is 26.3 Å². The van der Waals surface area contributed by atoms with E-state index in [0.717, 1.165) is 31.3 Å². The summed E-state index contributed by atoms with van der Waals surface area (Å²) in [5, 5.41) is 25.6. The molecule has 0 unspecified atom stereocenters. The third kappa shape index (κ3) is 4.72. The van der Waals surface area contributed by atoms with Gasteiger partial charge in [-0.2, -0.15) is 10.2 Å². The molecule has 0 fully saturated rings. The van der Waals surface area contributed by atoms with E-state index in [4.69, 9.17) is 15.6 Å². The number of fused-ring (bicyclic) bond motifs is 5. The summed E-state index contributed by atoms with van der Waals surface area (Å²) < 4.78 is 10.9. The Morgan fingerprint density at radius 2 is 1.30 bits per heavy atom. The monoisotopic (exact) mass is 438 g/mol. The molecule has 1 aliphatic heterocycles. The second-order valence-corrected chi connectivity index (χ2v) is 10.4. The first-order valence-electron chi connectivity index (χ1n) is 8.34. The van der Waals surface area contributed by atoms with Gasteiger partial charge in [0.1, 0.15) is 0 Å². The molecule has 3 aromatic rings. The highest BCUT2D eigenvalue weighted by Crippen LogP contribution is 2.21. The quantitative estimate of drug-likeness (QED) is 0.562. The van der Waals surface area contributed by atoms with Gasteiger partial charge in [-0.05, 0) is 11.1 Å². The van der Waals surface area contributed by atoms with Gasteiger partial charge in [-0.3, -0.25) is 10.8 Å². The van der Waals surface area contributed by atoms with Gasteiger partial charge in [-0.25, -0.2) is 9.36 Å². The van der Waals surface area contributed by atoms with Crippen LogP contribution in [0.25, 0.3) is 0 Å². The molecule has 0 spiro atoms. The van der Waals surface area contributed by atoms with Crippen molar-refractivity contribution in [3.63, 3.8) is 0 Å². The van der Waals surface area contributed by atoms with E-state index in [-0.39, 0.29) is 0 Å². The Kier molecular flexibility index (Phi) is 6.13. The zero-order valence-corrected chi connectivity index (χ0v) is 17.6. The second kappa shape index (κ2) is 8.74. The van der Waals surface area contributed by atoms with E-state index >= 15 is 0 Å². The Balaban J connectivity index is 1.68. The summed E-state index contributed by atoms with van der Waals surface area (Å²) in [4.78, 5) is 0.881. The molecule has 7 nitrogen and oxygen atoms in total. The molecule has 4 rings (SSSR count). The summed E-state index contributed by atoms with van der Waals surface area (Å²) in [7, 11) is 0. The lowest BCUT2D eigenvalue weighted by Crippen LogP contribution is -2.19. The van der Waals surface area contributed by atoms with E-state index in [1.54, 1.807) is 32.9 Å². The molecule has 0 saturated carbocycles. The van der Waals surface area contributed by atoms with Gasteiger partial charge in [0.25, 0.3) is 0 Å². The van der Waals surface area contributed by atoms with Crippen molar-refractivity contribution in [2.45, 2.75) is 21.8 Å². The fourth-order valence-electron chi connectivity index (χ4n) is 2.60. The number of hydrogen-bond donors (Lipinski definition) is 2. The van der Waals surface area contributed by atoms with Crippen LogP contribution in [0.3, 0.4) is 0 Å². The molecule has 0 amide bonds. The van der Waals surface area contributed by atoms with Gasteiger partial charge in [0, 0.05) is 11.5 Å². The van der Waals surface area contributed by atoms with Crippen molar-refractivity contribution in [3.8, 4) is 0 Å². The molecule has 11 heteroatoms. The first-order chi connectivity index (χ1) is 13.2. The zero-order valence-electron chi connectivity index (χ0n) is 14.4. The number of hydrogen-bond acceptors (Lipinski definition) is 9. The third-order valence-electron chi connectivity index (χ3n) is 3.91. The number of rotatable bonds is 0. The van der Waals surface area contributed by atoms with Gasteiger partial charge < -0.3 is 4.74 Å². The largest absolute Gasteiger partial charge is 0.380 e. The third-order valence-corrected chi connectivity index (χ3v) is 7.83. The van der Waals surface area contributed by atoms with E-state index in [0.29, 0.717) is 35.9 Å².